The molecule has 0 heterocycles. The summed E-state index contributed by atoms with van der Waals surface area (Å²) in [5.74, 6) is -0.0898. The Morgan fingerprint density at radius 3 is 2.60 bits per heavy atom. The average Bonchev–Trinajstić information content (AvgIpc) is 2.19. The van der Waals surface area contributed by atoms with Crippen molar-refractivity contribution in [3.63, 3.8) is 0 Å². The van der Waals surface area contributed by atoms with Crippen molar-refractivity contribution in [2.24, 2.45) is 0 Å². The molecule has 0 radical (unpaired) electrons. The molecule has 1 N–H and O–H groups in total. The van der Waals surface area contributed by atoms with Gasteiger partial charge >= 0.3 is 0 Å². The zero-order valence-electron chi connectivity index (χ0n) is 9.91. The predicted molar refractivity (Wildman–Crippen MR) is 58.9 cm³/mol. The Balaban J connectivity index is 3.13. The second-order valence-corrected chi connectivity index (χ2v) is 3.40. The number of hydrogen-bond donors (Lipinski definition) is 1. The molecule has 5 heteroatoms. The predicted octanol–water partition coefficient (Wildman–Crippen LogP) is -0.283. The maximum Gasteiger partial charge on any atom is 0.246 e. The lowest BCUT2D eigenvalue weighted by Crippen LogP contribution is -2.31. The smallest absolute Gasteiger partial charge is 0.246 e. The summed E-state index contributed by atoms with van der Waals surface area (Å²) in [7, 11) is 3.99. The van der Waals surface area contributed by atoms with Gasteiger partial charge in [0, 0.05) is 19.7 Å². The van der Waals surface area contributed by atoms with Gasteiger partial charge in [-0.25, -0.2) is 0 Å². The third-order valence-corrected chi connectivity index (χ3v) is 1.69. The van der Waals surface area contributed by atoms with E-state index in [1.54, 1.807) is 0 Å². The van der Waals surface area contributed by atoms with Crippen LogP contribution in [0.4, 0.5) is 0 Å². The van der Waals surface area contributed by atoms with Gasteiger partial charge in [-0.05, 0) is 21.0 Å². The normalized spacial score (nSPS) is 10.7. The molecule has 0 saturated heterocycles. The van der Waals surface area contributed by atoms with E-state index in [1.807, 2.05) is 25.9 Å². The van der Waals surface area contributed by atoms with E-state index < -0.39 is 0 Å². The first kappa shape index (κ1) is 14.3. The molecule has 0 aromatic carbocycles. The second-order valence-electron chi connectivity index (χ2n) is 3.40. The van der Waals surface area contributed by atoms with E-state index in [9.17, 15) is 4.79 Å². The molecule has 0 bridgehead atoms. The Morgan fingerprint density at radius 2 is 2.00 bits per heavy atom. The summed E-state index contributed by atoms with van der Waals surface area (Å²) in [4.78, 5) is 13.1. The molecule has 0 fully saturated rings. The molecule has 0 spiro atoms. The van der Waals surface area contributed by atoms with Crippen molar-refractivity contribution in [2.75, 3.05) is 53.6 Å². The molecule has 0 aromatic heterocycles. The molecular weight excluding hydrogens is 196 g/mol. The van der Waals surface area contributed by atoms with Crippen LogP contribution in [0.2, 0.25) is 0 Å². The van der Waals surface area contributed by atoms with Gasteiger partial charge in [0.25, 0.3) is 0 Å². The Labute approximate surface area is 91.7 Å². The van der Waals surface area contributed by atoms with Gasteiger partial charge in [-0.2, -0.15) is 0 Å². The molecule has 90 valence electrons. The van der Waals surface area contributed by atoms with Crippen LogP contribution in [0.1, 0.15) is 6.92 Å². The highest BCUT2D eigenvalue weighted by atomic mass is 16.5. The Bertz CT molecular complexity index is 163. The number of amides is 1. The summed E-state index contributed by atoms with van der Waals surface area (Å²) in [5.41, 5.74) is 0. The quantitative estimate of drug-likeness (QED) is 0.541. The van der Waals surface area contributed by atoms with Crippen molar-refractivity contribution in [3.05, 3.63) is 0 Å². The van der Waals surface area contributed by atoms with E-state index in [2.05, 4.69) is 5.32 Å². The van der Waals surface area contributed by atoms with Crippen molar-refractivity contribution >= 4 is 5.91 Å². The molecule has 0 atom stereocenters. The van der Waals surface area contributed by atoms with Gasteiger partial charge in [0.05, 0.1) is 13.2 Å². The molecule has 1 amide bonds. The van der Waals surface area contributed by atoms with Gasteiger partial charge in [0.2, 0.25) is 5.91 Å². The summed E-state index contributed by atoms with van der Waals surface area (Å²) in [6.07, 6.45) is 0. The van der Waals surface area contributed by atoms with Gasteiger partial charge in [-0.3, -0.25) is 4.79 Å². The van der Waals surface area contributed by atoms with Gasteiger partial charge in [-0.1, -0.05) is 0 Å². The molecule has 0 aliphatic rings. The van der Waals surface area contributed by atoms with Crippen molar-refractivity contribution in [3.8, 4) is 0 Å². The molecule has 0 saturated carbocycles. The summed E-state index contributed by atoms with van der Waals surface area (Å²) in [6, 6.07) is 0. The van der Waals surface area contributed by atoms with Crippen molar-refractivity contribution < 1.29 is 14.3 Å². The first-order valence-corrected chi connectivity index (χ1v) is 5.23. The molecule has 0 aliphatic heterocycles. The van der Waals surface area contributed by atoms with E-state index in [4.69, 9.17) is 9.47 Å². The number of rotatable bonds is 9. The van der Waals surface area contributed by atoms with Crippen molar-refractivity contribution in [2.45, 2.75) is 6.92 Å². The summed E-state index contributed by atoms with van der Waals surface area (Å²) in [6.45, 7) is 5.23. The van der Waals surface area contributed by atoms with E-state index in [1.165, 1.54) is 0 Å². The zero-order chi connectivity index (χ0) is 11.5. The summed E-state index contributed by atoms with van der Waals surface area (Å²) in [5, 5.41) is 2.70. The monoisotopic (exact) mass is 218 g/mol. The summed E-state index contributed by atoms with van der Waals surface area (Å²) < 4.78 is 10.2. The van der Waals surface area contributed by atoms with Crippen LogP contribution in [-0.2, 0) is 14.3 Å². The number of nitrogens with zero attached hydrogens (tertiary/aromatic N) is 1. The highest BCUT2D eigenvalue weighted by Gasteiger charge is 1.98. The van der Waals surface area contributed by atoms with Crippen LogP contribution < -0.4 is 5.32 Å². The van der Waals surface area contributed by atoms with E-state index in [-0.39, 0.29) is 12.5 Å². The standard InChI is InChI=1S/C10H22N2O3/c1-4-14-9-10(13)11-5-7-15-8-6-12(2)3/h4-9H2,1-3H3,(H,11,13). The lowest BCUT2D eigenvalue weighted by molar-refractivity contribution is -0.125. The third-order valence-electron chi connectivity index (χ3n) is 1.69. The highest BCUT2D eigenvalue weighted by molar-refractivity contribution is 5.77. The van der Waals surface area contributed by atoms with Gasteiger partial charge in [0.15, 0.2) is 0 Å². The van der Waals surface area contributed by atoms with E-state index in [0.29, 0.717) is 26.4 Å². The van der Waals surface area contributed by atoms with Crippen LogP contribution >= 0.6 is 0 Å². The number of carbonyl (C=O) groups is 1. The van der Waals surface area contributed by atoms with Crippen LogP contribution in [0, 0.1) is 0 Å². The lowest BCUT2D eigenvalue weighted by atomic mass is 10.5. The van der Waals surface area contributed by atoms with E-state index in [0.717, 1.165) is 6.54 Å². The maximum atomic E-state index is 11.0. The average molecular weight is 218 g/mol. The fraction of sp³-hybridized carbons (Fsp3) is 0.900. The fourth-order valence-corrected chi connectivity index (χ4v) is 0.858. The molecule has 0 aromatic rings. The molecular formula is C10H22N2O3. The van der Waals surface area contributed by atoms with Crippen LogP contribution in [0.3, 0.4) is 0 Å². The van der Waals surface area contributed by atoms with Gasteiger partial charge in [0.1, 0.15) is 6.61 Å². The SMILES string of the molecule is CCOCC(=O)NCCOCCN(C)C. The zero-order valence-corrected chi connectivity index (χ0v) is 9.91. The van der Waals surface area contributed by atoms with Crippen LogP contribution in [0.15, 0.2) is 0 Å². The third kappa shape index (κ3) is 11.3. The van der Waals surface area contributed by atoms with Gasteiger partial charge in [-0.15, -0.1) is 0 Å². The molecule has 0 aliphatic carbocycles. The van der Waals surface area contributed by atoms with Crippen molar-refractivity contribution in [1.82, 2.24) is 10.2 Å². The number of likely N-dealkylation sites (N-methyl/N-ethyl adjacent to an activating group) is 1. The van der Waals surface area contributed by atoms with Crippen molar-refractivity contribution in [1.29, 1.82) is 0 Å². The number of nitrogens with one attached hydrogen (secondary N) is 1. The second kappa shape index (κ2) is 9.89. The minimum absolute atomic E-state index is 0.0898. The summed E-state index contributed by atoms with van der Waals surface area (Å²) >= 11 is 0. The molecule has 0 unspecified atom stereocenters. The Morgan fingerprint density at radius 1 is 1.27 bits per heavy atom. The minimum Gasteiger partial charge on any atom is -0.378 e. The Kier molecular flexibility index (Phi) is 9.46. The maximum absolute atomic E-state index is 11.0. The van der Waals surface area contributed by atoms with Crippen LogP contribution in [0.5, 0.6) is 0 Å². The number of ether oxygens (including phenoxy) is 2. The first-order chi connectivity index (χ1) is 7.16. The Hall–Kier alpha value is -0.650. The van der Waals surface area contributed by atoms with Gasteiger partial charge < -0.3 is 19.7 Å². The molecule has 0 rings (SSSR count). The van der Waals surface area contributed by atoms with E-state index >= 15 is 0 Å². The molecule has 5 nitrogen and oxygen atoms in total. The number of carbonyl (C=O) groups excluding carboxylic acids is 1. The minimum atomic E-state index is -0.0898. The number of hydrogen-bond acceptors (Lipinski definition) is 4. The van der Waals surface area contributed by atoms with Crippen LogP contribution in [0.25, 0.3) is 0 Å². The fourth-order valence-electron chi connectivity index (χ4n) is 0.858. The largest absolute Gasteiger partial charge is 0.378 e. The lowest BCUT2D eigenvalue weighted by Gasteiger charge is -2.10. The molecule has 15 heavy (non-hydrogen) atoms. The highest BCUT2D eigenvalue weighted by Crippen LogP contribution is 1.78. The topological polar surface area (TPSA) is 50.8 Å². The van der Waals surface area contributed by atoms with Crippen LogP contribution in [-0.4, -0.2) is 64.4 Å². The first-order valence-electron chi connectivity index (χ1n) is 5.23.